The fourth-order valence-electron chi connectivity index (χ4n) is 2.39. The van der Waals surface area contributed by atoms with E-state index >= 15 is 0 Å². The monoisotopic (exact) mass is 350 g/mol. The van der Waals surface area contributed by atoms with E-state index in [1.54, 1.807) is 6.08 Å². The van der Waals surface area contributed by atoms with E-state index in [9.17, 15) is 9.67 Å². The van der Waals surface area contributed by atoms with Crippen molar-refractivity contribution < 1.29 is 24.0 Å². The first-order chi connectivity index (χ1) is 11.0. The number of hydrogen-bond acceptors (Lipinski definition) is 3. The van der Waals surface area contributed by atoms with Crippen LogP contribution in [0.2, 0.25) is 0 Å². The summed E-state index contributed by atoms with van der Waals surface area (Å²) in [6, 6.07) is 0. The van der Waals surface area contributed by atoms with Crippen LogP contribution in [-0.2, 0) is 9.09 Å². The molecule has 0 radical (unpaired) electrons. The number of phosphoric ester groups is 1. The average molecular weight is 350 g/mol. The van der Waals surface area contributed by atoms with Crippen molar-refractivity contribution in [2.24, 2.45) is 0 Å². The van der Waals surface area contributed by atoms with Crippen molar-refractivity contribution in [3.05, 3.63) is 12.2 Å². The zero-order chi connectivity index (χ0) is 17.4. The normalized spacial score (nSPS) is 13.7. The summed E-state index contributed by atoms with van der Waals surface area (Å²) in [4.78, 5) is 17.0. The Morgan fingerprint density at radius 2 is 1.48 bits per heavy atom. The van der Waals surface area contributed by atoms with Crippen molar-refractivity contribution in [3.63, 3.8) is 0 Å². The minimum atomic E-state index is -4.42. The third-order valence-corrected chi connectivity index (χ3v) is 4.27. The van der Waals surface area contributed by atoms with Gasteiger partial charge in [0.1, 0.15) is 0 Å². The maximum atomic E-state index is 10.5. The topological polar surface area (TPSA) is 87.0 Å². The molecular formula is C17H35O5P. The lowest BCUT2D eigenvalue weighted by atomic mass is 10.1. The predicted molar refractivity (Wildman–Crippen MR) is 94.2 cm³/mol. The second-order valence-corrected chi connectivity index (χ2v) is 7.32. The van der Waals surface area contributed by atoms with Crippen LogP contribution < -0.4 is 0 Å². The zero-order valence-electron chi connectivity index (χ0n) is 14.5. The SMILES string of the molecule is CCCCCCCCCCCC/C=C/[C@@H](O)CCOP(=O)(O)O. The van der Waals surface area contributed by atoms with E-state index < -0.39 is 13.9 Å². The first-order valence-electron chi connectivity index (χ1n) is 9.00. The molecule has 3 N–H and O–H groups in total. The van der Waals surface area contributed by atoms with Crippen molar-refractivity contribution in [2.45, 2.75) is 90.1 Å². The summed E-state index contributed by atoms with van der Waals surface area (Å²) in [5, 5.41) is 9.59. The van der Waals surface area contributed by atoms with Gasteiger partial charge in [0.2, 0.25) is 0 Å². The van der Waals surface area contributed by atoms with Gasteiger partial charge in [-0.15, -0.1) is 0 Å². The van der Waals surface area contributed by atoms with E-state index in [-0.39, 0.29) is 13.0 Å². The van der Waals surface area contributed by atoms with E-state index in [4.69, 9.17) is 9.79 Å². The van der Waals surface area contributed by atoms with Crippen LogP contribution >= 0.6 is 7.82 Å². The van der Waals surface area contributed by atoms with Crippen molar-refractivity contribution >= 4 is 7.82 Å². The minimum absolute atomic E-state index is 0.145. The lowest BCUT2D eigenvalue weighted by molar-refractivity contribution is 0.149. The Morgan fingerprint density at radius 1 is 0.957 bits per heavy atom. The van der Waals surface area contributed by atoms with Gasteiger partial charge in [0.05, 0.1) is 12.7 Å². The third kappa shape index (κ3) is 19.8. The van der Waals surface area contributed by atoms with E-state index in [2.05, 4.69) is 11.4 Å². The molecule has 5 nitrogen and oxygen atoms in total. The summed E-state index contributed by atoms with van der Waals surface area (Å²) in [5.74, 6) is 0. The molecule has 0 saturated carbocycles. The van der Waals surface area contributed by atoms with E-state index in [0.717, 1.165) is 12.8 Å². The first-order valence-corrected chi connectivity index (χ1v) is 10.5. The van der Waals surface area contributed by atoms with Crippen molar-refractivity contribution in [1.82, 2.24) is 0 Å². The fraction of sp³-hybridized carbons (Fsp3) is 0.882. The van der Waals surface area contributed by atoms with Gasteiger partial charge in [0, 0.05) is 6.42 Å². The molecule has 0 fully saturated rings. The number of aliphatic hydroxyl groups is 1. The molecule has 0 aromatic heterocycles. The quantitative estimate of drug-likeness (QED) is 0.213. The lowest BCUT2D eigenvalue weighted by Crippen LogP contribution is -2.06. The Morgan fingerprint density at radius 3 is 2.00 bits per heavy atom. The van der Waals surface area contributed by atoms with E-state index in [1.165, 1.54) is 57.8 Å². The van der Waals surface area contributed by atoms with E-state index in [1.807, 2.05) is 6.08 Å². The van der Waals surface area contributed by atoms with Gasteiger partial charge in [0.15, 0.2) is 0 Å². The standard InChI is InChI=1S/C17H35O5P/c1-2-3-4-5-6-7-8-9-10-11-12-13-14-17(18)15-16-22-23(19,20)21/h13-14,17-18H,2-12,15-16H2,1H3,(H2,19,20,21)/b14-13+/t17-/m1/s1. The molecule has 1 atom stereocenters. The van der Waals surface area contributed by atoms with Gasteiger partial charge in [-0.2, -0.15) is 0 Å². The number of allylic oxidation sites excluding steroid dienone is 1. The van der Waals surface area contributed by atoms with Gasteiger partial charge in [0.25, 0.3) is 0 Å². The first kappa shape index (κ1) is 22.8. The highest BCUT2D eigenvalue weighted by Gasteiger charge is 2.13. The summed E-state index contributed by atoms with van der Waals surface area (Å²) < 4.78 is 14.7. The molecular weight excluding hydrogens is 315 g/mol. The molecule has 6 heteroatoms. The van der Waals surface area contributed by atoms with Crippen LogP contribution in [0.3, 0.4) is 0 Å². The Bertz CT molecular complexity index is 327. The second kappa shape index (κ2) is 15.3. The Kier molecular flexibility index (Phi) is 15.2. The molecule has 0 aliphatic heterocycles. The summed E-state index contributed by atoms with van der Waals surface area (Å²) >= 11 is 0. The Labute approximate surface area is 141 Å². The van der Waals surface area contributed by atoms with Crippen molar-refractivity contribution in [1.29, 1.82) is 0 Å². The molecule has 23 heavy (non-hydrogen) atoms. The average Bonchev–Trinajstić information content (AvgIpc) is 2.47. The highest BCUT2D eigenvalue weighted by Crippen LogP contribution is 2.35. The summed E-state index contributed by atoms with van der Waals surface area (Å²) in [7, 11) is -4.42. The van der Waals surface area contributed by atoms with Gasteiger partial charge in [-0.1, -0.05) is 76.9 Å². The fourth-order valence-corrected chi connectivity index (χ4v) is 2.73. The smallest absolute Gasteiger partial charge is 0.389 e. The molecule has 0 unspecified atom stereocenters. The number of phosphoric acid groups is 1. The van der Waals surface area contributed by atoms with Crippen molar-refractivity contribution in [3.8, 4) is 0 Å². The number of hydrogen-bond donors (Lipinski definition) is 3. The van der Waals surface area contributed by atoms with Gasteiger partial charge >= 0.3 is 7.82 Å². The third-order valence-electron chi connectivity index (χ3n) is 3.76. The van der Waals surface area contributed by atoms with Crippen molar-refractivity contribution in [2.75, 3.05) is 6.61 Å². The summed E-state index contributed by atoms with van der Waals surface area (Å²) in [5.41, 5.74) is 0. The molecule has 0 bridgehead atoms. The molecule has 0 heterocycles. The second-order valence-electron chi connectivity index (χ2n) is 6.08. The van der Waals surface area contributed by atoms with Crippen LogP contribution in [0.25, 0.3) is 0 Å². The largest absolute Gasteiger partial charge is 0.469 e. The van der Waals surface area contributed by atoms with Gasteiger partial charge in [-0.25, -0.2) is 4.57 Å². The predicted octanol–water partition coefficient (Wildman–Crippen LogP) is 4.71. The van der Waals surface area contributed by atoms with E-state index in [0.29, 0.717) is 0 Å². The zero-order valence-corrected chi connectivity index (χ0v) is 15.4. The minimum Gasteiger partial charge on any atom is -0.389 e. The summed E-state index contributed by atoms with van der Waals surface area (Å²) in [6.07, 6.45) is 17.1. The Balaban J connectivity index is 3.31. The van der Waals surface area contributed by atoms with Gasteiger partial charge in [-0.05, 0) is 12.8 Å². The molecule has 0 amide bonds. The molecule has 0 aromatic carbocycles. The number of unbranched alkanes of at least 4 members (excludes halogenated alkanes) is 10. The van der Waals surface area contributed by atoms with Crippen LogP contribution in [0.5, 0.6) is 0 Å². The van der Waals surface area contributed by atoms with Gasteiger partial charge < -0.3 is 14.9 Å². The summed E-state index contributed by atoms with van der Waals surface area (Å²) in [6.45, 7) is 2.09. The molecule has 0 spiro atoms. The molecule has 0 rings (SSSR count). The van der Waals surface area contributed by atoms with Gasteiger partial charge in [-0.3, -0.25) is 4.52 Å². The Hall–Kier alpha value is -0.190. The molecule has 0 aromatic rings. The molecule has 138 valence electrons. The van der Waals surface area contributed by atoms with Crippen LogP contribution in [0.15, 0.2) is 12.2 Å². The lowest BCUT2D eigenvalue weighted by Gasteiger charge is -2.07. The molecule has 0 aliphatic rings. The van der Waals surface area contributed by atoms with Crippen LogP contribution in [-0.4, -0.2) is 27.6 Å². The highest BCUT2D eigenvalue weighted by molar-refractivity contribution is 7.46. The highest BCUT2D eigenvalue weighted by atomic mass is 31.2. The van der Waals surface area contributed by atoms with Crippen LogP contribution in [0.1, 0.15) is 84.0 Å². The number of aliphatic hydroxyl groups excluding tert-OH is 1. The van der Waals surface area contributed by atoms with Crippen LogP contribution in [0.4, 0.5) is 0 Å². The maximum Gasteiger partial charge on any atom is 0.469 e. The number of rotatable bonds is 16. The molecule has 0 aliphatic carbocycles. The van der Waals surface area contributed by atoms with Crippen LogP contribution in [0, 0.1) is 0 Å². The molecule has 0 saturated heterocycles. The maximum absolute atomic E-state index is 10.5.